The number of anilines is 1. The number of hydrogen-bond acceptors (Lipinski definition) is 3. The van der Waals surface area contributed by atoms with Crippen molar-refractivity contribution in [3.8, 4) is 0 Å². The number of aromatic nitrogens is 1. The van der Waals surface area contributed by atoms with E-state index >= 15 is 0 Å². The van der Waals surface area contributed by atoms with Gasteiger partial charge in [0.2, 0.25) is 5.91 Å². The Morgan fingerprint density at radius 2 is 2.29 bits per heavy atom. The predicted molar refractivity (Wildman–Crippen MR) is 65.6 cm³/mol. The van der Waals surface area contributed by atoms with E-state index < -0.39 is 0 Å². The van der Waals surface area contributed by atoms with Gasteiger partial charge in [0.1, 0.15) is 0 Å². The molecule has 1 aromatic heterocycles. The Kier molecular flexibility index (Phi) is 4.09. The van der Waals surface area contributed by atoms with Gasteiger partial charge in [-0.25, -0.2) is 0 Å². The molecule has 2 atom stereocenters. The SMILES string of the molecule is CCC1OCCCC1C(=O)Nc1ccncc1. The van der Waals surface area contributed by atoms with Gasteiger partial charge in [0.15, 0.2) is 0 Å². The minimum absolute atomic E-state index is 0.0260. The van der Waals surface area contributed by atoms with Crippen LogP contribution < -0.4 is 5.32 Å². The molecule has 0 aromatic carbocycles. The Labute approximate surface area is 101 Å². The highest BCUT2D eigenvalue weighted by atomic mass is 16.5. The molecule has 1 aliphatic rings. The lowest BCUT2D eigenvalue weighted by atomic mass is 9.92. The van der Waals surface area contributed by atoms with Crippen molar-refractivity contribution in [1.82, 2.24) is 4.98 Å². The van der Waals surface area contributed by atoms with Gasteiger partial charge in [-0.1, -0.05) is 6.92 Å². The summed E-state index contributed by atoms with van der Waals surface area (Å²) in [5, 5.41) is 2.92. The Hall–Kier alpha value is -1.42. The fourth-order valence-electron chi connectivity index (χ4n) is 2.21. The topological polar surface area (TPSA) is 51.2 Å². The highest BCUT2D eigenvalue weighted by molar-refractivity contribution is 5.92. The largest absolute Gasteiger partial charge is 0.377 e. The molecule has 1 aromatic rings. The molecule has 0 aliphatic carbocycles. The van der Waals surface area contributed by atoms with Crippen molar-refractivity contribution in [3.63, 3.8) is 0 Å². The maximum Gasteiger partial charge on any atom is 0.230 e. The lowest BCUT2D eigenvalue weighted by molar-refractivity contribution is -0.129. The summed E-state index contributed by atoms with van der Waals surface area (Å²) in [7, 11) is 0. The zero-order valence-corrected chi connectivity index (χ0v) is 10.1. The second-order valence-electron chi connectivity index (χ2n) is 4.29. The summed E-state index contributed by atoms with van der Waals surface area (Å²) in [5.41, 5.74) is 0.797. The molecular formula is C13H18N2O2. The van der Waals surface area contributed by atoms with E-state index in [4.69, 9.17) is 4.74 Å². The van der Waals surface area contributed by atoms with E-state index in [1.165, 1.54) is 0 Å². The van der Waals surface area contributed by atoms with Crippen LogP contribution in [0.25, 0.3) is 0 Å². The van der Waals surface area contributed by atoms with Gasteiger partial charge in [0.05, 0.1) is 12.0 Å². The maximum atomic E-state index is 12.1. The van der Waals surface area contributed by atoms with Gasteiger partial charge in [0, 0.05) is 24.7 Å². The van der Waals surface area contributed by atoms with Crippen molar-refractivity contribution in [2.45, 2.75) is 32.3 Å². The Balaban J connectivity index is 1.99. The summed E-state index contributed by atoms with van der Waals surface area (Å²) in [6.07, 6.45) is 6.16. The molecule has 2 unspecified atom stereocenters. The summed E-state index contributed by atoms with van der Waals surface area (Å²) < 4.78 is 5.63. The third-order valence-corrected chi connectivity index (χ3v) is 3.13. The summed E-state index contributed by atoms with van der Waals surface area (Å²) in [4.78, 5) is 16.0. The molecule has 0 saturated carbocycles. The number of ether oxygens (including phenoxy) is 1. The minimum atomic E-state index is -0.0260. The molecule has 4 nitrogen and oxygen atoms in total. The second-order valence-corrected chi connectivity index (χ2v) is 4.29. The van der Waals surface area contributed by atoms with Gasteiger partial charge in [-0.05, 0) is 31.4 Å². The predicted octanol–water partition coefficient (Wildman–Crippen LogP) is 2.23. The molecule has 17 heavy (non-hydrogen) atoms. The van der Waals surface area contributed by atoms with Crippen LogP contribution in [0.4, 0.5) is 5.69 Å². The van der Waals surface area contributed by atoms with Gasteiger partial charge in [-0.2, -0.15) is 0 Å². The van der Waals surface area contributed by atoms with Gasteiger partial charge in [-0.3, -0.25) is 9.78 Å². The first-order valence-electron chi connectivity index (χ1n) is 6.13. The molecule has 0 bridgehead atoms. The van der Waals surface area contributed by atoms with Gasteiger partial charge >= 0.3 is 0 Å². The first-order chi connectivity index (χ1) is 8.31. The molecule has 2 heterocycles. The molecule has 1 amide bonds. The maximum absolute atomic E-state index is 12.1. The Morgan fingerprint density at radius 3 is 3.00 bits per heavy atom. The highest BCUT2D eigenvalue weighted by Crippen LogP contribution is 2.24. The smallest absolute Gasteiger partial charge is 0.230 e. The monoisotopic (exact) mass is 234 g/mol. The number of rotatable bonds is 3. The number of carbonyl (C=O) groups excluding carboxylic acids is 1. The van der Waals surface area contributed by atoms with E-state index in [0.29, 0.717) is 0 Å². The number of hydrogen-bond donors (Lipinski definition) is 1. The van der Waals surface area contributed by atoms with E-state index in [1.54, 1.807) is 24.5 Å². The average Bonchev–Trinajstić information content (AvgIpc) is 2.40. The van der Waals surface area contributed by atoms with Crippen LogP contribution in [-0.2, 0) is 9.53 Å². The van der Waals surface area contributed by atoms with E-state index in [2.05, 4.69) is 17.2 Å². The Morgan fingerprint density at radius 1 is 1.53 bits per heavy atom. The van der Waals surface area contributed by atoms with Crippen molar-refractivity contribution in [1.29, 1.82) is 0 Å². The van der Waals surface area contributed by atoms with Crippen LogP contribution in [0.1, 0.15) is 26.2 Å². The first kappa shape index (κ1) is 12.0. The zero-order valence-electron chi connectivity index (χ0n) is 10.1. The normalized spacial score (nSPS) is 24.3. The van der Waals surface area contributed by atoms with Gasteiger partial charge < -0.3 is 10.1 Å². The summed E-state index contributed by atoms with van der Waals surface area (Å²) in [5.74, 6) is 0.0321. The molecule has 0 spiro atoms. The van der Waals surface area contributed by atoms with Crippen molar-refractivity contribution in [3.05, 3.63) is 24.5 Å². The van der Waals surface area contributed by atoms with Gasteiger partial charge in [0.25, 0.3) is 0 Å². The van der Waals surface area contributed by atoms with Crippen molar-refractivity contribution in [2.75, 3.05) is 11.9 Å². The van der Waals surface area contributed by atoms with Crippen molar-refractivity contribution < 1.29 is 9.53 Å². The molecule has 1 saturated heterocycles. The molecule has 92 valence electrons. The lowest BCUT2D eigenvalue weighted by Crippen LogP contribution is -2.37. The quantitative estimate of drug-likeness (QED) is 0.872. The molecular weight excluding hydrogens is 216 g/mol. The van der Waals surface area contributed by atoms with Crippen molar-refractivity contribution in [2.24, 2.45) is 5.92 Å². The number of carbonyl (C=O) groups is 1. The highest BCUT2D eigenvalue weighted by Gasteiger charge is 2.30. The van der Waals surface area contributed by atoms with Crippen LogP contribution in [0.3, 0.4) is 0 Å². The molecule has 4 heteroatoms. The zero-order chi connectivity index (χ0) is 12.1. The van der Waals surface area contributed by atoms with Gasteiger partial charge in [-0.15, -0.1) is 0 Å². The third-order valence-electron chi connectivity index (χ3n) is 3.13. The first-order valence-corrected chi connectivity index (χ1v) is 6.13. The number of pyridine rings is 1. The Bertz CT molecular complexity index is 367. The standard InChI is InChI=1S/C13H18N2O2/c1-2-12-11(4-3-9-17-12)13(16)15-10-5-7-14-8-6-10/h5-8,11-12H,2-4,9H2,1H3,(H,14,15,16). The number of nitrogens with one attached hydrogen (secondary N) is 1. The molecule has 2 rings (SSSR count). The summed E-state index contributed by atoms with van der Waals surface area (Å²) >= 11 is 0. The van der Waals surface area contributed by atoms with E-state index in [0.717, 1.165) is 31.6 Å². The van der Waals surface area contributed by atoms with E-state index in [-0.39, 0.29) is 17.9 Å². The molecule has 1 fully saturated rings. The van der Waals surface area contributed by atoms with Crippen LogP contribution in [-0.4, -0.2) is 23.6 Å². The fraction of sp³-hybridized carbons (Fsp3) is 0.538. The van der Waals surface area contributed by atoms with Crippen LogP contribution in [0.15, 0.2) is 24.5 Å². The third kappa shape index (κ3) is 3.03. The average molecular weight is 234 g/mol. The molecule has 1 aliphatic heterocycles. The number of amides is 1. The lowest BCUT2D eigenvalue weighted by Gasteiger charge is -2.30. The summed E-state index contributed by atoms with van der Waals surface area (Å²) in [6, 6.07) is 3.59. The fourth-order valence-corrected chi connectivity index (χ4v) is 2.21. The van der Waals surface area contributed by atoms with Crippen LogP contribution in [0.5, 0.6) is 0 Å². The van der Waals surface area contributed by atoms with Crippen LogP contribution in [0.2, 0.25) is 0 Å². The van der Waals surface area contributed by atoms with E-state index in [1.807, 2.05) is 0 Å². The number of nitrogens with zero attached hydrogens (tertiary/aromatic N) is 1. The van der Waals surface area contributed by atoms with Crippen LogP contribution in [0, 0.1) is 5.92 Å². The van der Waals surface area contributed by atoms with Crippen LogP contribution >= 0.6 is 0 Å². The second kappa shape index (κ2) is 5.77. The molecule has 0 radical (unpaired) electrons. The van der Waals surface area contributed by atoms with Crippen molar-refractivity contribution >= 4 is 11.6 Å². The minimum Gasteiger partial charge on any atom is -0.377 e. The van der Waals surface area contributed by atoms with E-state index in [9.17, 15) is 4.79 Å². The summed E-state index contributed by atoms with van der Waals surface area (Å²) in [6.45, 7) is 2.83. The molecule has 1 N–H and O–H groups in total.